The number of benzene rings is 1. The quantitative estimate of drug-likeness (QED) is 0.695. The van der Waals surface area contributed by atoms with Crippen molar-refractivity contribution >= 4 is 22.8 Å². The number of anilines is 1. The van der Waals surface area contributed by atoms with Crippen LogP contribution >= 0.6 is 0 Å². The molecular formula is C9H7N3O2. The number of nitrogens with zero attached hydrogens (tertiary/aromatic N) is 2. The number of carbonyl (C=O) groups is 1. The molecule has 0 bridgehead atoms. The molecule has 0 radical (unpaired) electrons. The van der Waals surface area contributed by atoms with Crippen LogP contribution in [-0.4, -0.2) is 21.0 Å². The van der Waals surface area contributed by atoms with E-state index in [2.05, 4.69) is 9.97 Å². The van der Waals surface area contributed by atoms with Gasteiger partial charge in [0.15, 0.2) is 0 Å². The lowest BCUT2D eigenvalue weighted by molar-refractivity contribution is 0.0697. The summed E-state index contributed by atoms with van der Waals surface area (Å²) < 4.78 is 0. The number of carboxylic acids is 1. The van der Waals surface area contributed by atoms with Gasteiger partial charge in [0.05, 0.1) is 22.8 Å². The lowest BCUT2D eigenvalue weighted by Gasteiger charge is -1.98. The maximum atomic E-state index is 10.7. The van der Waals surface area contributed by atoms with Gasteiger partial charge in [0.25, 0.3) is 0 Å². The summed E-state index contributed by atoms with van der Waals surface area (Å²) in [5, 5.41) is 8.73. The van der Waals surface area contributed by atoms with Gasteiger partial charge in [-0.2, -0.15) is 0 Å². The zero-order chi connectivity index (χ0) is 10.1. The molecule has 70 valence electrons. The Hall–Kier alpha value is -2.17. The first kappa shape index (κ1) is 8.43. The second-order valence-corrected chi connectivity index (χ2v) is 2.80. The highest BCUT2D eigenvalue weighted by molar-refractivity contribution is 5.92. The third-order valence-corrected chi connectivity index (χ3v) is 1.81. The van der Waals surface area contributed by atoms with E-state index in [4.69, 9.17) is 10.8 Å². The maximum absolute atomic E-state index is 10.7. The van der Waals surface area contributed by atoms with E-state index in [-0.39, 0.29) is 11.4 Å². The zero-order valence-corrected chi connectivity index (χ0v) is 7.14. The zero-order valence-electron chi connectivity index (χ0n) is 7.14. The monoisotopic (exact) mass is 189 g/mol. The molecule has 14 heavy (non-hydrogen) atoms. The first-order chi connectivity index (χ1) is 6.66. The number of rotatable bonds is 1. The van der Waals surface area contributed by atoms with Crippen molar-refractivity contribution in [2.45, 2.75) is 0 Å². The standard InChI is InChI=1S/C9H7N3O2/c10-8-4-11-6-2-1-5(9(13)14)3-7(6)12-8/h1-4H,(H2,10,12)(H,13,14). The predicted octanol–water partition coefficient (Wildman–Crippen LogP) is 0.910. The largest absolute Gasteiger partial charge is 0.478 e. The third-order valence-electron chi connectivity index (χ3n) is 1.81. The fraction of sp³-hybridized carbons (Fsp3) is 0. The molecule has 5 nitrogen and oxygen atoms in total. The van der Waals surface area contributed by atoms with Gasteiger partial charge in [-0.05, 0) is 18.2 Å². The van der Waals surface area contributed by atoms with Crippen LogP contribution < -0.4 is 5.73 Å². The second kappa shape index (κ2) is 2.95. The van der Waals surface area contributed by atoms with Crippen molar-refractivity contribution in [1.29, 1.82) is 0 Å². The minimum Gasteiger partial charge on any atom is -0.478 e. The van der Waals surface area contributed by atoms with Gasteiger partial charge < -0.3 is 10.8 Å². The van der Waals surface area contributed by atoms with Crippen LogP contribution in [0.1, 0.15) is 10.4 Å². The van der Waals surface area contributed by atoms with Gasteiger partial charge in [0.1, 0.15) is 5.82 Å². The van der Waals surface area contributed by atoms with E-state index in [1.165, 1.54) is 18.3 Å². The van der Waals surface area contributed by atoms with Gasteiger partial charge in [0.2, 0.25) is 0 Å². The highest BCUT2D eigenvalue weighted by Gasteiger charge is 2.04. The highest BCUT2D eigenvalue weighted by Crippen LogP contribution is 2.12. The summed E-state index contributed by atoms with van der Waals surface area (Å²) >= 11 is 0. The van der Waals surface area contributed by atoms with Crippen LogP contribution in [0.3, 0.4) is 0 Å². The van der Waals surface area contributed by atoms with Crippen LogP contribution in [0.2, 0.25) is 0 Å². The Bertz CT molecular complexity index is 510. The van der Waals surface area contributed by atoms with E-state index >= 15 is 0 Å². The molecule has 2 rings (SSSR count). The first-order valence-electron chi connectivity index (χ1n) is 3.92. The van der Waals surface area contributed by atoms with Gasteiger partial charge in [-0.15, -0.1) is 0 Å². The second-order valence-electron chi connectivity index (χ2n) is 2.80. The van der Waals surface area contributed by atoms with Gasteiger partial charge in [-0.1, -0.05) is 0 Å². The van der Waals surface area contributed by atoms with Crippen LogP contribution in [0.4, 0.5) is 5.82 Å². The molecule has 1 heterocycles. The van der Waals surface area contributed by atoms with Crippen LogP contribution in [-0.2, 0) is 0 Å². The van der Waals surface area contributed by atoms with Crippen molar-refractivity contribution in [2.24, 2.45) is 0 Å². The number of carboxylic acid groups (broad SMARTS) is 1. The fourth-order valence-electron chi connectivity index (χ4n) is 1.16. The molecule has 0 amide bonds. The summed E-state index contributed by atoms with van der Waals surface area (Å²) in [5.74, 6) is -0.712. The first-order valence-corrected chi connectivity index (χ1v) is 3.92. The Morgan fingerprint density at radius 3 is 2.86 bits per heavy atom. The Morgan fingerprint density at radius 1 is 1.36 bits per heavy atom. The van der Waals surface area contributed by atoms with Crippen LogP contribution in [0, 0.1) is 0 Å². The number of fused-ring (bicyclic) bond motifs is 1. The molecule has 0 aliphatic carbocycles. The smallest absolute Gasteiger partial charge is 0.335 e. The van der Waals surface area contributed by atoms with E-state index in [1.807, 2.05) is 0 Å². The van der Waals surface area contributed by atoms with E-state index in [0.29, 0.717) is 11.0 Å². The van der Waals surface area contributed by atoms with Gasteiger partial charge in [0, 0.05) is 0 Å². The molecule has 0 spiro atoms. The molecule has 0 unspecified atom stereocenters. The lowest BCUT2D eigenvalue weighted by atomic mass is 10.2. The number of aromatic nitrogens is 2. The van der Waals surface area contributed by atoms with E-state index in [9.17, 15) is 4.79 Å². The number of hydrogen-bond acceptors (Lipinski definition) is 4. The van der Waals surface area contributed by atoms with Crippen molar-refractivity contribution in [2.75, 3.05) is 5.73 Å². The molecule has 0 aliphatic heterocycles. The van der Waals surface area contributed by atoms with E-state index < -0.39 is 5.97 Å². The number of aromatic carboxylic acids is 1. The van der Waals surface area contributed by atoms with Gasteiger partial charge >= 0.3 is 5.97 Å². The lowest BCUT2D eigenvalue weighted by Crippen LogP contribution is -1.98. The Kier molecular flexibility index (Phi) is 1.78. The predicted molar refractivity (Wildman–Crippen MR) is 50.9 cm³/mol. The summed E-state index contributed by atoms with van der Waals surface area (Å²) in [7, 11) is 0. The van der Waals surface area contributed by atoms with Gasteiger partial charge in [-0.3, -0.25) is 4.98 Å². The Morgan fingerprint density at radius 2 is 2.14 bits per heavy atom. The number of nitrogens with two attached hydrogens (primary N) is 1. The van der Waals surface area contributed by atoms with Crippen molar-refractivity contribution < 1.29 is 9.90 Å². The minimum atomic E-state index is -0.990. The normalized spacial score (nSPS) is 10.3. The molecule has 0 saturated carbocycles. The van der Waals surface area contributed by atoms with Crippen LogP contribution in [0.5, 0.6) is 0 Å². The van der Waals surface area contributed by atoms with E-state index in [1.54, 1.807) is 6.07 Å². The van der Waals surface area contributed by atoms with Crippen molar-refractivity contribution in [1.82, 2.24) is 9.97 Å². The Balaban J connectivity index is 2.69. The van der Waals surface area contributed by atoms with Crippen molar-refractivity contribution in [3.8, 4) is 0 Å². The Labute approximate surface area is 79.2 Å². The molecule has 1 aromatic carbocycles. The SMILES string of the molecule is Nc1cnc2ccc(C(=O)O)cc2n1. The van der Waals surface area contributed by atoms with Crippen molar-refractivity contribution in [3.63, 3.8) is 0 Å². The molecule has 0 fully saturated rings. The molecule has 2 aromatic rings. The molecule has 0 atom stereocenters. The molecule has 3 N–H and O–H groups in total. The molecule has 0 aliphatic rings. The third kappa shape index (κ3) is 1.35. The van der Waals surface area contributed by atoms with Crippen LogP contribution in [0.25, 0.3) is 11.0 Å². The molecule has 1 aromatic heterocycles. The maximum Gasteiger partial charge on any atom is 0.335 e. The van der Waals surface area contributed by atoms with Gasteiger partial charge in [-0.25, -0.2) is 9.78 Å². The van der Waals surface area contributed by atoms with Crippen LogP contribution in [0.15, 0.2) is 24.4 Å². The summed E-state index contributed by atoms with van der Waals surface area (Å²) in [6, 6.07) is 4.53. The minimum absolute atomic E-state index is 0.178. The molecule has 0 saturated heterocycles. The molecular weight excluding hydrogens is 182 g/mol. The highest BCUT2D eigenvalue weighted by atomic mass is 16.4. The topological polar surface area (TPSA) is 89.1 Å². The summed E-state index contributed by atoms with van der Waals surface area (Å²) in [4.78, 5) is 18.6. The average Bonchev–Trinajstić information content (AvgIpc) is 2.16. The number of nitrogen functional groups attached to an aromatic ring is 1. The summed E-state index contributed by atoms with van der Waals surface area (Å²) in [6.07, 6.45) is 1.43. The molecule has 5 heteroatoms. The summed E-state index contributed by atoms with van der Waals surface area (Å²) in [6.45, 7) is 0. The van der Waals surface area contributed by atoms with Crippen molar-refractivity contribution in [3.05, 3.63) is 30.0 Å². The number of hydrogen-bond donors (Lipinski definition) is 2. The fourth-order valence-corrected chi connectivity index (χ4v) is 1.16. The summed E-state index contributed by atoms with van der Waals surface area (Å²) in [5.41, 5.74) is 6.73. The average molecular weight is 189 g/mol. The van der Waals surface area contributed by atoms with E-state index in [0.717, 1.165) is 0 Å².